The first kappa shape index (κ1) is 22.5. The van der Waals surface area contributed by atoms with Gasteiger partial charge in [0.15, 0.2) is 11.6 Å². The predicted octanol–water partition coefficient (Wildman–Crippen LogP) is 4.83. The Bertz CT molecular complexity index is 1220. The van der Waals surface area contributed by atoms with E-state index in [1.54, 1.807) is 26.2 Å². The van der Waals surface area contributed by atoms with Gasteiger partial charge in [0, 0.05) is 19.7 Å². The smallest absolute Gasteiger partial charge is 0.259 e. The fraction of sp³-hybridized carbons (Fsp3) is 0.174. The summed E-state index contributed by atoms with van der Waals surface area (Å²) in [5.74, 6) is -2.89. The minimum atomic E-state index is -1.02. The lowest BCUT2D eigenvalue weighted by Gasteiger charge is -2.15. The van der Waals surface area contributed by atoms with E-state index in [0.717, 1.165) is 0 Å². The number of benzene rings is 2. The molecule has 1 aromatic heterocycles. The highest BCUT2D eigenvalue weighted by molar-refractivity contribution is 5.97. The maximum atomic E-state index is 14.7. The Morgan fingerprint density at radius 1 is 1.03 bits per heavy atom. The third kappa shape index (κ3) is 4.59. The zero-order valence-electron chi connectivity index (χ0n) is 17.8. The maximum Gasteiger partial charge on any atom is 0.259 e. The SMILES string of the molecule is COc1ccc(Oc2nc(Oc3cccc(C#N)c3)c(F)c(C)c2F)cc1C(=O)N(C)C. The predicted molar refractivity (Wildman–Crippen MR) is 111 cm³/mol. The van der Waals surface area contributed by atoms with Gasteiger partial charge in [-0.1, -0.05) is 6.07 Å². The third-order valence-electron chi connectivity index (χ3n) is 4.44. The monoisotopic (exact) mass is 439 g/mol. The number of rotatable bonds is 6. The van der Waals surface area contributed by atoms with Crippen LogP contribution in [0.4, 0.5) is 8.78 Å². The van der Waals surface area contributed by atoms with Gasteiger partial charge in [-0.2, -0.15) is 10.2 Å². The first-order valence-corrected chi connectivity index (χ1v) is 9.36. The van der Waals surface area contributed by atoms with Gasteiger partial charge < -0.3 is 19.1 Å². The molecule has 2 aromatic carbocycles. The molecule has 0 radical (unpaired) electrons. The van der Waals surface area contributed by atoms with Crippen molar-refractivity contribution in [3.63, 3.8) is 0 Å². The van der Waals surface area contributed by atoms with Crippen LogP contribution in [0.15, 0.2) is 42.5 Å². The summed E-state index contributed by atoms with van der Waals surface area (Å²) in [5, 5.41) is 9.00. The highest BCUT2D eigenvalue weighted by Crippen LogP contribution is 2.34. The Morgan fingerprint density at radius 2 is 1.66 bits per heavy atom. The molecular formula is C23H19F2N3O4. The number of amides is 1. The molecule has 0 aliphatic carbocycles. The fourth-order valence-corrected chi connectivity index (χ4v) is 2.75. The average Bonchev–Trinajstić information content (AvgIpc) is 2.80. The minimum Gasteiger partial charge on any atom is -0.496 e. The van der Waals surface area contributed by atoms with Crippen molar-refractivity contribution < 1.29 is 27.8 Å². The molecule has 9 heteroatoms. The fourth-order valence-electron chi connectivity index (χ4n) is 2.75. The van der Waals surface area contributed by atoms with Crippen LogP contribution in [0.3, 0.4) is 0 Å². The number of ether oxygens (including phenoxy) is 3. The van der Waals surface area contributed by atoms with Gasteiger partial charge in [0.2, 0.25) is 0 Å². The highest BCUT2D eigenvalue weighted by Gasteiger charge is 2.22. The van der Waals surface area contributed by atoms with E-state index in [9.17, 15) is 13.6 Å². The molecule has 3 aromatic rings. The third-order valence-corrected chi connectivity index (χ3v) is 4.44. The van der Waals surface area contributed by atoms with E-state index in [0.29, 0.717) is 11.3 Å². The zero-order valence-corrected chi connectivity index (χ0v) is 17.8. The molecule has 0 atom stereocenters. The van der Waals surface area contributed by atoms with Crippen molar-refractivity contribution in [3.8, 4) is 35.1 Å². The van der Waals surface area contributed by atoms with E-state index in [4.69, 9.17) is 19.5 Å². The topological polar surface area (TPSA) is 84.7 Å². The van der Waals surface area contributed by atoms with Crippen LogP contribution in [0.2, 0.25) is 0 Å². The lowest BCUT2D eigenvalue weighted by atomic mass is 10.1. The van der Waals surface area contributed by atoms with Crippen molar-refractivity contribution in [1.29, 1.82) is 5.26 Å². The number of carbonyl (C=O) groups is 1. The lowest BCUT2D eigenvalue weighted by Crippen LogP contribution is -2.22. The van der Waals surface area contributed by atoms with Gasteiger partial charge >= 0.3 is 0 Å². The molecule has 0 aliphatic heterocycles. The number of hydrogen-bond donors (Lipinski definition) is 0. The molecule has 0 N–H and O–H groups in total. The van der Waals surface area contributed by atoms with E-state index in [-0.39, 0.29) is 28.5 Å². The van der Waals surface area contributed by atoms with Crippen LogP contribution < -0.4 is 14.2 Å². The molecule has 0 saturated carbocycles. The second kappa shape index (κ2) is 9.31. The van der Waals surface area contributed by atoms with Crippen LogP contribution in [0, 0.1) is 29.9 Å². The van der Waals surface area contributed by atoms with E-state index in [1.807, 2.05) is 6.07 Å². The number of halogens is 2. The number of methoxy groups -OCH3 is 1. The molecule has 0 fully saturated rings. The first-order valence-electron chi connectivity index (χ1n) is 9.36. The average molecular weight is 439 g/mol. The van der Waals surface area contributed by atoms with Gasteiger partial charge in [0.25, 0.3) is 17.7 Å². The second-order valence-electron chi connectivity index (χ2n) is 6.88. The molecule has 7 nitrogen and oxygen atoms in total. The van der Waals surface area contributed by atoms with E-state index in [1.165, 1.54) is 49.3 Å². The molecule has 0 saturated heterocycles. The molecule has 0 spiro atoms. The summed E-state index contributed by atoms with van der Waals surface area (Å²) in [6.07, 6.45) is 0. The molecule has 0 unspecified atom stereocenters. The van der Waals surface area contributed by atoms with Crippen LogP contribution in [0.5, 0.6) is 29.0 Å². The summed E-state index contributed by atoms with van der Waals surface area (Å²) in [6.45, 7) is 1.22. The van der Waals surface area contributed by atoms with Gasteiger partial charge in [-0.05, 0) is 43.3 Å². The molecule has 1 heterocycles. The van der Waals surface area contributed by atoms with Gasteiger partial charge in [0.05, 0.1) is 24.3 Å². The van der Waals surface area contributed by atoms with Crippen LogP contribution in [-0.4, -0.2) is 37.0 Å². The maximum absolute atomic E-state index is 14.7. The molecule has 32 heavy (non-hydrogen) atoms. The van der Waals surface area contributed by atoms with Crippen molar-refractivity contribution in [3.05, 3.63) is 70.8 Å². The van der Waals surface area contributed by atoms with Gasteiger partial charge in [-0.15, -0.1) is 0 Å². The standard InChI is InChI=1S/C23H19F2N3O4/c1-13-19(24)21(31-15-7-5-6-14(10-15)12-26)27-22(20(13)25)32-16-8-9-18(30-4)17(11-16)23(29)28(2)3/h5-11H,1-4H3. The van der Waals surface area contributed by atoms with Crippen LogP contribution >= 0.6 is 0 Å². The van der Waals surface area contributed by atoms with E-state index < -0.39 is 23.4 Å². The molecular weight excluding hydrogens is 420 g/mol. The molecule has 0 aliphatic rings. The Morgan fingerprint density at radius 3 is 2.22 bits per heavy atom. The Kier molecular flexibility index (Phi) is 6.54. The highest BCUT2D eigenvalue weighted by atomic mass is 19.1. The number of carbonyl (C=O) groups excluding carboxylic acids is 1. The van der Waals surface area contributed by atoms with Crippen molar-refractivity contribution >= 4 is 5.91 Å². The summed E-state index contributed by atoms with van der Waals surface area (Å²) >= 11 is 0. The van der Waals surface area contributed by atoms with Crippen molar-refractivity contribution in [2.24, 2.45) is 0 Å². The Hall–Kier alpha value is -4.19. The molecule has 1 amide bonds. The van der Waals surface area contributed by atoms with Gasteiger partial charge in [-0.3, -0.25) is 4.79 Å². The molecule has 3 rings (SSSR count). The number of nitriles is 1. The van der Waals surface area contributed by atoms with Crippen LogP contribution in [-0.2, 0) is 0 Å². The van der Waals surface area contributed by atoms with Crippen LogP contribution in [0.1, 0.15) is 21.5 Å². The summed E-state index contributed by atoms with van der Waals surface area (Å²) in [4.78, 5) is 17.6. The summed E-state index contributed by atoms with van der Waals surface area (Å²) in [6, 6.07) is 12.3. The van der Waals surface area contributed by atoms with Crippen LogP contribution in [0.25, 0.3) is 0 Å². The van der Waals surface area contributed by atoms with Crippen molar-refractivity contribution in [2.45, 2.75) is 6.92 Å². The second-order valence-corrected chi connectivity index (χ2v) is 6.88. The van der Waals surface area contributed by atoms with Crippen molar-refractivity contribution in [1.82, 2.24) is 9.88 Å². The normalized spacial score (nSPS) is 10.3. The zero-order chi connectivity index (χ0) is 23.4. The first-order chi connectivity index (χ1) is 15.2. The number of nitrogens with zero attached hydrogens (tertiary/aromatic N) is 3. The summed E-state index contributed by atoms with van der Waals surface area (Å²) < 4.78 is 45.4. The minimum absolute atomic E-state index is 0.0887. The van der Waals surface area contributed by atoms with Gasteiger partial charge in [-0.25, -0.2) is 8.78 Å². The lowest BCUT2D eigenvalue weighted by molar-refractivity contribution is 0.0824. The molecule has 0 bridgehead atoms. The number of aromatic nitrogens is 1. The number of hydrogen-bond acceptors (Lipinski definition) is 6. The Balaban J connectivity index is 1.99. The largest absolute Gasteiger partial charge is 0.496 e. The van der Waals surface area contributed by atoms with E-state index in [2.05, 4.69) is 4.98 Å². The quantitative estimate of drug-likeness (QED) is 0.547. The van der Waals surface area contributed by atoms with Crippen molar-refractivity contribution in [2.75, 3.05) is 21.2 Å². The summed E-state index contributed by atoms with van der Waals surface area (Å²) in [5.41, 5.74) is 0.133. The molecule has 164 valence electrons. The van der Waals surface area contributed by atoms with Gasteiger partial charge in [0.1, 0.15) is 17.2 Å². The van der Waals surface area contributed by atoms with E-state index >= 15 is 0 Å². The summed E-state index contributed by atoms with van der Waals surface area (Å²) in [7, 11) is 4.56. The number of pyridine rings is 1. The Labute approximate surface area is 183 Å².